The number of carbonyl (C=O) groups is 2. The summed E-state index contributed by atoms with van der Waals surface area (Å²) in [6.45, 7) is 4.47. The Hall–Kier alpha value is -4.07. The van der Waals surface area contributed by atoms with Gasteiger partial charge in [-0.15, -0.1) is 0 Å². The summed E-state index contributed by atoms with van der Waals surface area (Å²) in [5.74, 6) is -0.315. The molecule has 1 saturated carbocycles. The van der Waals surface area contributed by atoms with Crippen LogP contribution in [0.25, 0.3) is 0 Å². The highest BCUT2D eigenvalue weighted by Gasteiger charge is 2.34. The van der Waals surface area contributed by atoms with Crippen molar-refractivity contribution in [2.45, 2.75) is 58.1 Å². The van der Waals surface area contributed by atoms with Gasteiger partial charge in [-0.25, -0.2) is 4.79 Å². The molecule has 0 saturated heterocycles. The topological polar surface area (TPSA) is 101 Å². The van der Waals surface area contributed by atoms with E-state index in [2.05, 4.69) is 24.1 Å². The van der Waals surface area contributed by atoms with Gasteiger partial charge in [0.05, 0.1) is 13.0 Å². The minimum atomic E-state index is -0.772. The minimum absolute atomic E-state index is 0.134. The molecule has 0 spiro atoms. The number of pyridine rings is 1. The van der Waals surface area contributed by atoms with Gasteiger partial charge in [-0.3, -0.25) is 9.69 Å². The average molecular weight is 518 g/mol. The standard InChI is InChI=1S/C30H35N3O5/c1-20(2)24-11-7-8-12-26(24)33(23-15-13-22(14-16-23)29(34)35)30(36)31-25-17-18-27(37-3)32-28(25)38-19-21-9-5-4-6-10-21/h4-12,17-18,20,22-23H,13-16,19H2,1-3H3,(H,31,36)(H,34,35). The van der Waals surface area contributed by atoms with E-state index in [1.54, 1.807) is 17.0 Å². The number of para-hydroxylation sites is 1. The second-order valence-electron chi connectivity index (χ2n) is 9.84. The Balaban J connectivity index is 1.63. The van der Waals surface area contributed by atoms with E-state index in [0.717, 1.165) is 16.8 Å². The number of amides is 2. The fourth-order valence-corrected chi connectivity index (χ4v) is 4.89. The third-order valence-electron chi connectivity index (χ3n) is 6.95. The summed E-state index contributed by atoms with van der Waals surface area (Å²) in [5, 5.41) is 12.5. The Morgan fingerprint density at radius 2 is 1.68 bits per heavy atom. The number of nitrogens with zero attached hydrogens (tertiary/aromatic N) is 2. The van der Waals surface area contributed by atoms with E-state index < -0.39 is 5.97 Å². The number of methoxy groups -OCH3 is 1. The van der Waals surface area contributed by atoms with Crippen molar-refractivity contribution < 1.29 is 24.2 Å². The van der Waals surface area contributed by atoms with Gasteiger partial charge < -0.3 is 19.9 Å². The van der Waals surface area contributed by atoms with Crippen LogP contribution in [0.15, 0.2) is 66.7 Å². The predicted molar refractivity (Wildman–Crippen MR) is 147 cm³/mol. The second-order valence-corrected chi connectivity index (χ2v) is 9.84. The van der Waals surface area contributed by atoms with Crippen molar-refractivity contribution in [2.24, 2.45) is 5.92 Å². The zero-order chi connectivity index (χ0) is 27.1. The van der Waals surface area contributed by atoms with Gasteiger partial charge in [-0.05, 0) is 54.9 Å². The van der Waals surface area contributed by atoms with E-state index in [1.807, 2.05) is 54.6 Å². The zero-order valence-electron chi connectivity index (χ0n) is 22.1. The van der Waals surface area contributed by atoms with Crippen LogP contribution in [0.2, 0.25) is 0 Å². The SMILES string of the molecule is COc1ccc(NC(=O)N(c2ccccc2C(C)C)C2CCC(C(=O)O)CC2)c(OCc2ccccc2)n1. The number of benzene rings is 2. The molecule has 8 heteroatoms. The number of nitrogens with one attached hydrogen (secondary N) is 1. The Kier molecular flexibility index (Phi) is 8.84. The van der Waals surface area contributed by atoms with Crippen molar-refractivity contribution in [1.82, 2.24) is 4.98 Å². The number of ether oxygens (including phenoxy) is 2. The molecular weight excluding hydrogens is 482 g/mol. The summed E-state index contributed by atoms with van der Waals surface area (Å²) in [7, 11) is 1.53. The molecule has 2 aromatic carbocycles. The van der Waals surface area contributed by atoms with E-state index >= 15 is 0 Å². The number of rotatable bonds is 9. The van der Waals surface area contributed by atoms with Crippen LogP contribution in [0.5, 0.6) is 11.8 Å². The minimum Gasteiger partial charge on any atom is -0.481 e. The van der Waals surface area contributed by atoms with Crippen molar-refractivity contribution in [1.29, 1.82) is 0 Å². The van der Waals surface area contributed by atoms with Crippen LogP contribution < -0.4 is 19.7 Å². The average Bonchev–Trinajstić information content (AvgIpc) is 2.93. The first-order valence-electron chi connectivity index (χ1n) is 13.0. The zero-order valence-corrected chi connectivity index (χ0v) is 22.1. The van der Waals surface area contributed by atoms with Crippen molar-refractivity contribution in [3.8, 4) is 11.8 Å². The molecule has 3 aromatic rings. The van der Waals surface area contributed by atoms with E-state index in [9.17, 15) is 14.7 Å². The summed E-state index contributed by atoms with van der Waals surface area (Å²) >= 11 is 0. The van der Waals surface area contributed by atoms with Gasteiger partial charge in [0.2, 0.25) is 11.8 Å². The van der Waals surface area contributed by atoms with Gasteiger partial charge in [0.1, 0.15) is 12.3 Å². The molecule has 0 unspecified atom stereocenters. The molecule has 38 heavy (non-hydrogen) atoms. The first-order valence-corrected chi connectivity index (χ1v) is 13.0. The van der Waals surface area contributed by atoms with Crippen LogP contribution in [0.1, 0.15) is 56.6 Å². The van der Waals surface area contributed by atoms with Crippen LogP contribution >= 0.6 is 0 Å². The van der Waals surface area contributed by atoms with Gasteiger partial charge in [-0.1, -0.05) is 62.4 Å². The number of hydrogen-bond donors (Lipinski definition) is 2. The Labute approximate surface area is 223 Å². The second kappa shape index (κ2) is 12.4. The predicted octanol–water partition coefficient (Wildman–Crippen LogP) is 6.47. The first kappa shape index (κ1) is 27.0. The van der Waals surface area contributed by atoms with Crippen molar-refractivity contribution in [3.63, 3.8) is 0 Å². The molecule has 0 atom stereocenters. The smallest absolute Gasteiger partial charge is 0.326 e. The summed E-state index contributed by atoms with van der Waals surface area (Å²) < 4.78 is 11.3. The number of aromatic nitrogens is 1. The first-order chi connectivity index (χ1) is 18.4. The number of urea groups is 1. The fraction of sp³-hybridized carbons (Fsp3) is 0.367. The third-order valence-corrected chi connectivity index (χ3v) is 6.95. The van der Waals surface area contributed by atoms with Crippen molar-refractivity contribution in [2.75, 3.05) is 17.3 Å². The summed E-state index contributed by atoms with van der Waals surface area (Å²) in [6, 6.07) is 20.6. The van der Waals surface area contributed by atoms with Crippen LogP contribution in [-0.4, -0.2) is 35.2 Å². The molecule has 1 fully saturated rings. The number of hydrogen-bond acceptors (Lipinski definition) is 5. The Morgan fingerprint density at radius 1 is 1.00 bits per heavy atom. The molecule has 0 bridgehead atoms. The highest BCUT2D eigenvalue weighted by atomic mass is 16.5. The lowest BCUT2D eigenvalue weighted by atomic mass is 9.85. The molecular formula is C30H35N3O5. The van der Waals surface area contributed by atoms with Gasteiger partial charge in [0.25, 0.3) is 0 Å². The van der Waals surface area contributed by atoms with E-state index in [1.165, 1.54) is 7.11 Å². The Morgan fingerprint density at radius 3 is 2.34 bits per heavy atom. The highest BCUT2D eigenvalue weighted by Crippen LogP contribution is 2.36. The molecule has 4 rings (SSSR count). The monoisotopic (exact) mass is 517 g/mol. The molecule has 1 aliphatic rings. The maximum Gasteiger partial charge on any atom is 0.326 e. The number of carboxylic acids is 1. The van der Waals surface area contributed by atoms with Gasteiger partial charge >= 0.3 is 12.0 Å². The number of carboxylic acid groups (broad SMARTS) is 1. The van der Waals surface area contributed by atoms with Gasteiger partial charge in [-0.2, -0.15) is 4.98 Å². The van der Waals surface area contributed by atoms with Crippen molar-refractivity contribution in [3.05, 3.63) is 77.9 Å². The number of aliphatic carboxylic acids is 1. The maximum absolute atomic E-state index is 14.0. The molecule has 8 nitrogen and oxygen atoms in total. The largest absolute Gasteiger partial charge is 0.481 e. The van der Waals surface area contributed by atoms with Gasteiger partial charge in [0.15, 0.2) is 0 Å². The molecule has 1 heterocycles. The summed E-state index contributed by atoms with van der Waals surface area (Å²) in [5.41, 5.74) is 3.28. The lowest BCUT2D eigenvalue weighted by molar-refractivity contribution is -0.142. The quantitative estimate of drug-likeness (QED) is 0.337. The van der Waals surface area contributed by atoms with Crippen molar-refractivity contribution >= 4 is 23.4 Å². The lowest BCUT2D eigenvalue weighted by Gasteiger charge is -2.37. The maximum atomic E-state index is 14.0. The van der Waals surface area contributed by atoms with Crippen LogP contribution in [-0.2, 0) is 11.4 Å². The number of carbonyl (C=O) groups excluding carboxylic acids is 1. The molecule has 1 aliphatic carbocycles. The van der Waals surface area contributed by atoms with E-state index in [4.69, 9.17) is 9.47 Å². The van der Waals surface area contributed by atoms with Gasteiger partial charge in [0, 0.05) is 17.8 Å². The molecule has 2 amide bonds. The lowest BCUT2D eigenvalue weighted by Crippen LogP contribution is -2.46. The number of anilines is 2. The highest BCUT2D eigenvalue weighted by molar-refractivity contribution is 6.03. The van der Waals surface area contributed by atoms with Crippen LogP contribution in [0.3, 0.4) is 0 Å². The summed E-state index contributed by atoms with van der Waals surface area (Å²) in [6.07, 6.45) is 2.27. The molecule has 2 N–H and O–H groups in total. The Bertz CT molecular complexity index is 1240. The summed E-state index contributed by atoms with van der Waals surface area (Å²) in [4.78, 5) is 31.7. The van der Waals surface area contributed by atoms with E-state index in [0.29, 0.717) is 37.3 Å². The molecule has 0 radical (unpaired) electrons. The fourth-order valence-electron chi connectivity index (χ4n) is 4.89. The van der Waals surface area contributed by atoms with Crippen LogP contribution in [0.4, 0.5) is 16.2 Å². The molecule has 1 aromatic heterocycles. The molecule has 200 valence electrons. The van der Waals surface area contributed by atoms with E-state index in [-0.39, 0.29) is 36.4 Å². The van der Waals surface area contributed by atoms with Crippen LogP contribution in [0, 0.1) is 5.92 Å². The third kappa shape index (κ3) is 6.43. The normalized spacial score (nSPS) is 17.1. The molecule has 0 aliphatic heterocycles.